The molecule has 1 saturated heterocycles. The van der Waals surface area contributed by atoms with Crippen molar-refractivity contribution in [3.63, 3.8) is 0 Å². The van der Waals surface area contributed by atoms with Gasteiger partial charge in [0.2, 0.25) is 5.95 Å². The summed E-state index contributed by atoms with van der Waals surface area (Å²) in [5.41, 5.74) is 3.06. The van der Waals surface area contributed by atoms with Crippen LogP contribution in [-0.4, -0.2) is 82.6 Å². The highest BCUT2D eigenvalue weighted by Gasteiger charge is 2.25. The Hall–Kier alpha value is -3.57. The van der Waals surface area contributed by atoms with Crippen molar-refractivity contribution >= 4 is 28.6 Å². The number of aliphatic hydroxyl groups is 1. The predicted molar refractivity (Wildman–Crippen MR) is 134 cm³/mol. The highest BCUT2D eigenvalue weighted by atomic mass is 16.5. The summed E-state index contributed by atoms with van der Waals surface area (Å²) in [4.78, 5) is 31.8. The van der Waals surface area contributed by atoms with Crippen LogP contribution in [0, 0.1) is 0 Å². The number of fused-ring (bicyclic) bond motifs is 1. The third-order valence-corrected chi connectivity index (χ3v) is 6.51. The average Bonchev–Trinajstić information content (AvgIpc) is 2.93. The predicted octanol–water partition coefficient (Wildman–Crippen LogP) is 1.78. The van der Waals surface area contributed by atoms with Gasteiger partial charge in [0.1, 0.15) is 11.3 Å². The normalized spacial score (nSPS) is 20.2. The van der Waals surface area contributed by atoms with Crippen LogP contribution in [0.15, 0.2) is 36.9 Å². The van der Waals surface area contributed by atoms with Gasteiger partial charge in [0.25, 0.3) is 5.91 Å². The molecule has 2 aromatic heterocycles. The Kier molecular flexibility index (Phi) is 7.67. The molecular weight excluding hydrogens is 462 g/mol. The van der Waals surface area contributed by atoms with E-state index in [0.717, 1.165) is 74.5 Å². The van der Waals surface area contributed by atoms with E-state index in [1.165, 1.54) is 12.4 Å². The van der Waals surface area contributed by atoms with Crippen LogP contribution in [0.2, 0.25) is 0 Å². The zero-order valence-corrected chi connectivity index (χ0v) is 20.1. The number of carbonyl (C=O) groups is 1. The van der Waals surface area contributed by atoms with Crippen LogP contribution in [0.5, 0.6) is 5.75 Å². The first-order valence-corrected chi connectivity index (χ1v) is 12.4. The van der Waals surface area contributed by atoms with E-state index in [-0.39, 0.29) is 31.2 Å². The Bertz CT molecular complexity index is 1160. The van der Waals surface area contributed by atoms with E-state index >= 15 is 0 Å². The molecule has 1 amide bonds. The number of anilines is 2. The van der Waals surface area contributed by atoms with Gasteiger partial charge in [0, 0.05) is 62.2 Å². The molecule has 1 aromatic carbocycles. The van der Waals surface area contributed by atoms with Gasteiger partial charge in [-0.1, -0.05) is 0 Å². The van der Waals surface area contributed by atoms with Gasteiger partial charge in [-0.15, -0.1) is 0 Å². The van der Waals surface area contributed by atoms with E-state index in [1.807, 2.05) is 0 Å². The largest absolute Gasteiger partial charge is 0.488 e. The van der Waals surface area contributed by atoms with E-state index in [0.29, 0.717) is 11.5 Å². The molecule has 0 radical (unpaired) electrons. The lowest BCUT2D eigenvalue weighted by Gasteiger charge is -2.31. The number of aromatic nitrogens is 4. The van der Waals surface area contributed by atoms with Crippen molar-refractivity contribution in [3.8, 4) is 5.75 Å². The second-order valence-electron chi connectivity index (χ2n) is 8.98. The molecule has 1 aliphatic heterocycles. The van der Waals surface area contributed by atoms with Crippen molar-refractivity contribution < 1.29 is 19.4 Å². The lowest BCUT2D eigenvalue weighted by atomic mass is 9.93. The number of morpholine rings is 1. The minimum atomic E-state index is -0.303. The molecule has 2 fully saturated rings. The average molecular weight is 494 g/mol. The first-order chi connectivity index (χ1) is 17.7. The number of ether oxygens (including phenoxy) is 2. The van der Waals surface area contributed by atoms with Crippen molar-refractivity contribution in [2.45, 2.75) is 37.8 Å². The number of nitrogens with one attached hydrogen (secondary N) is 2. The summed E-state index contributed by atoms with van der Waals surface area (Å²) in [5.74, 6) is 0.970. The van der Waals surface area contributed by atoms with Gasteiger partial charge in [0.15, 0.2) is 0 Å². The maximum absolute atomic E-state index is 11.9. The second-order valence-corrected chi connectivity index (χ2v) is 8.98. The summed E-state index contributed by atoms with van der Waals surface area (Å²) in [6.07, 6.45) is 10.1. The summed E-state index contributed by atoms with van der Waals surface area (Å²) >= 11 is 0. The highest BCUT2D eigenvalue weighted by Crippen LogP contribution is 2.33. The van der Waals surface area contributed by atoms with E-state index in [4.69, 9.17) is 14.6 Å². The summed E-state index contributed by atoms with van der Waals surface area (Å²) in [5, 5.41) is 14.8. The molecule has 0 spiro atoms. The molecule has 5 rings (SSSR count). The zero-order chi connectivity index (χ0) is 24.7. The SMILES string of the molecule is O=C(NCCO)c1cnc(NC2CCC(Oc3cc(N4CCOCC4)cc4nccnc34)CC2)nc1. The molecule has 3 aromatic rings. The molecule has 3 N–H and O–H groups in total. The summed E-state index contributed by atoms with van der Waals surface area (Å²) in [6.45, 7) is 3.21. The molecule has 3 heterocycles. The molecule has 0 atom stereocenters. The van der Waals surface area contributed by atoms with Gasteiger partial charge in [-0.05, 0) is 31.7 Å². The number of aliphatic hydroxyl groups excluding tert-OH is 1. The molecular formula is C25H31N7O4. The maximum atomic E-state index is 11.9. The monoisotopic (exact) mass is 493 g/mol. The van der Waals surface area contributed by atoms with E-state index in [2.05, 4.69) is 47.6 Å². The van der Waals surface area contributed by atoms with Crippen molar-refractivity contribution in [2.75, 3.05) is 49.7 Å². The third kappa shape index (κ3) is 5.80. The Labute approximate surface area is 209 Å². The fourth-order valence-corrected chi connectivity index (χ4v) is 4.60. The van der Waals surface area contributed by atoms with Crippen LogP contribution in [0.1, 0.15) is 36.0 Å². The van der Waals surface area contributed by atoms with Crippen LogP contribution in [-0.2, 0) is 4.74 Å². The number of rotatable bonds is 8. The lowest BCUT2D eigenvalue weighted by Crippen LogP contribution is -2.36. The Morgan fingerprint density at radius 1 is 1.06 bits per heavy atom. The van der Waals surface area contributed by atoms with E-state index in [9.17, 15) is 4.79 Å². The maximum Gasteiger partial charge on any atom is 0.254 e. The molecule has 190 valence electrons. The molecule has 36 heavy (non-hydrogen) atoms. The fraction of sp³-hybridized carbons (Fsp3) is 0.480. The highest BCUT2D eigenvalue weighted by molar-refractivity contribution is 5.93. The number of nitrogens with zero attached hydrogens (tertiary/aromatic N) is 5. The standard InChI is InChI=1S/C25H31N7O4/c33-10-7-28-24(34)17-15-29-25(30-16-17)31-18-1-3-20(4-2-18)36-22-14-19(32-8-11-35-12-9-32)13-21-23(22)27-6-5-26-21/h5-6,13-16,18,20,33H,1-4,7-12H2,(H,28,34)(H,29,30,31). The van der Waals surface area contributed by atoms with Crippen molar-refractivity contribution in [1.29, 1.82) is 0 Å². The minimum absolute atomic E-state index is 0.0895. The van der Waals surface area contributed by atoms with Crippen LogP contribution in [0.3, 0.4) is 0 Å². The van der Waals surface area contributed by atoms with Gasteiger partial charge >= 0.3 is 0 Å². The minimum Gasteiger partial charge on any atom is -0.488 e. The molecule has 0 unspecified atom stereocenters. The number of amides is 1. The zero-order valence-electron chi connectivity index (χ0n) is 20.1. The molecule has 2 aliphatic rings. The summed E-state index contributed by atoms with van der Waals surface area (Å²) in [7, 11) is 0. The third-order valence-electron chi connectivity index (χ3n) is 6.51. The van der Waals surface area contributed by atoms with Crippen molar-refractivity contribution in [3.05, 3.63) is 42.5 Å². The van der Waals surface area contributed by atoms with Gasteiger partial charge in [-0.3, -0.25) is 9.78 Å². The molecule has 11 heteroatoms. The topological polar surface area (TPSA) is 135 Å². The van der Waals surface area contributed by atoms with Crippen LogP contribution in [0.4, 0.5) is 11.6 Å². The Morgan fingerprint density at radius 3 is 2.56 bits per heavy atom. The number of carbonyl (C=O) groups excluding carboxylic acids is 1. The van der Waals surface area contributed by atoms with Crippen LogP contribution in [0.25, 0.3) is 11.0 Å². The first-order valence-electron chi connectivity index (χ1n) is 12.4. The fourth-order valence-electron chi connectivity index (χ4n) is 4.60. The van der Waals surface area contributed by atoms with E-state index in [1.54, 1.807) is 12.4 Å². The van der Waals surface area contributed by atoms with E-state index < -0.39 is 0 Å². The summed E-state index contributed by atoms with van der Waals surface area (Å²) in [6, 6.07) is 4.39. The molecule has 11 nitrogen and oxygen atoms in total. The molecule has 1 saturated carbocycles. The Morgan fingerprint density at radius 2 is 1.81 bits per heavy atom. The van der Waals surface area contributed by atoms with Gasteiger partial charge < -0.3 is 30.1 Å². The molecule has 1 aliphatic carbocycles. The van der Waals surface area contributed by atoms with Crippen LogP contribution >= 0.6 is 0 Å². The number of benzene rings is 1. The van der Waals surface area contributed by atoms with Gasteiger partial charge in [0.05, 0.1) is 37.0 Å². The quantitative estimate of drug-likeness (QED) is 0.426. The smallest absolute Gasteiger partial charge is 0.254 e. The lowest BCUT2D eigenvalue weighted by molar-refractivity contribution is 0.0944. The number of hydrogen-bond donors (Lipinski definition) is 3. The van der Waals surface area contributed by atoms with Gasteiger partial charge in [-0.25, -0.2) is 15.0 Å². The molecule has 0 bridgehead atoms. The second kappa shape index (κ2) is 11.4. The van der Waals surface area contributed by atoms with Crippen molar-refractivity contribution in [1.82, 2.24) is 25.3 Å². The first kappa shape index (κ1) is 24.1. The van der Waals surface area contributed by atoms with Crippen molar-refractivity contribution in [2.24, 2.45) is 0 Å². The Balaban J connectivity index is 1.19. The van der Waals surface area contributed by atoms with Crippen LogP contribution < -0.4 is 20.3 Å². The van der Waals surface area contributed by atoms with Gasteiger partial charge in [-0.2, -0.15) is 0 Å². The summed E-state index contributed by atoms with van der Waals surface area (Å²) < 4.78 is 12.0. The number of hydrogen-bond acceptors (Lipinski definition) is 10.